The number of carboxylic acids is 1. The predicted octanol–water partition coefficient (Wildman–Crippen LogP) is 2.48. The van der Waals surface area contributed by atoms with Crippen LogP contribution in [0.15, 0.2) is 12.1 Å². The molecule has 0 saturated heterocycles. The monoisotopic (exact) mass is 264 g/mol. The van der Waals surface area contributed by atoms with Gasteiger partial charge in [-0.05, 0) is 37.7 Å². The zero-order valence-corrected chi connectivity index (χ0v) is 10.6. The van der Waals surface area contributed by atoms with E-state index in [1.165, 1.54) is 25.0 Å². The number of hydrogen-bond acceptors (Lipinski definition) is 3. The molecule has 0 bridgehead atoms. The summed E-state index contributed by atoms with van der Waals surface area (Å²) in [5, 5.41) is 8.89. The van der Waals surface area contributed by atoms with Gasteiger partial charge >= 0.3 is 5.97 Å². The molecule has 0 aliphatic heterocycles. The Hall–Kier alpha value is -1.78. The van der Waals surface area contributed by atoms with Gasteiger partial charge in [-0.15, -0.1) is 0 Å². The molecule has 0 aromatic heterocycles. The zero-order chi connectivity index (χ0) is 13.6. The van der Waals surface area contributed by atoms with Crippen LogP contribution in [0.2, 0.25) is 0 Å². The van der Waals surface area contributed by atoms with Crippen molar-refractivity contribution in [1.29, 1.82) is 0 Å². The summed E-state index contributed by atoms with van der Waals surface area (Å²) >= 11 is 0. The third-order valence-electron chi connectivity index (χ3n) is 3.80. The summed E-state index contributed by atoms with van der Waals surface area (Å²) in [6, 6.07) is 2.95. The number of carboxylic acid groups (broad SMARTS) is 1. The zero-order valence-electron chi connectivity index (χ0n) is 10.6. The van der Waals surface area contributed by atoms with E-state index in [-0.39, 0.29) is 5.56 Å². The fraction of sp³-hybridized carbons (Fsp3) is 0.500. The van der Waals surface area contributed by atoms with Gasteiger partial charge in [-0.2, -0.15) is 0 Å². The molecule has 2 aliphatic rings. The Kier molecular flexibility index (Phi) is 2.84. The molecule has 0 heterocycles. The first-order valence-electron chi connectivity index (χ1n) is 6.65. The lowest BCUT2D eigenvalue weighted by molar-refractivity contribution is 0.0692. The van der Waals surface area contributed by atoms with Crippen molar-refractivity contribution in [3.8, 4) is 0 Å². The van der Waals surface area contributed by atoms with E-state index >= 15 is 0 Å². The smallest absolute Gasteiger partial charge is 0.338 e. The summed E-state index contributed by atoms with van der Waals surface area (Å²) < 4.78 is 13.8. The van der Waals surface area contributed by atoms with E-state index in [9.17, 15) is 9.18 Å². The molecule has 3 rings (SSSR count). The van der Waals surface area contributed by atoms with Crippen molar-refractivity contribution in [2.45, 2.75) is 31.7 Å². The van der Waals surface area contributed by atoms with Crippen LogP contribution >= 0.6 is 0 Å². The molecule has 2 aliphatic carbocycles. The molecule has 1 aromatic rings. The van der Waals surface area contributed by atoms with Crippen LogP contribution in [0.1, 0.15) is 36.0 Å². The number of nitrogen functional groups attached to an aromatic ring is 1. The molecule has 2 saturated carbocycles. The highest BCUT2D eigenvalue weighted by molar-refractivity contribution is 5.91. The Bertz CT molecular complexity index is 524. The number of halogens is 1. The molecule has 0 radical (unpaired) electrons. The van der Waals surface area contributed by atoms with Gasteiger partial charge in [-0.25, -0.2) is 9.18 Å². The van der Waals surface area contributed by atoms with E-state index in [0.29, 0.717) is 23.3 Å². The summed E-state index contributed by atoms with van der Waals surface area (Å²) in [6.45, 7) is 0.903. The van der Waals surface area contributed by atoms with Crippen molar-refractivity contribution in [2.75, 3.05) is 17.2 Å². The van der Waals surface area contributed by atoms with Gasteiger partial charge in [0, 0.05) is 18.7 Å². The average molecular weight is 264 g/mol. The van der Waals surface area contributed by atoms with Gasteiger partial charge in [0.2, 0.25) is 0 Å². The molecule has 0 amide bonds. The van der Waals surface area contributed by atoms with Crippen molar-refractivity contribution in [1.82, 2.24) is 0 Å². The topological polar surface area (TPSA) is 66.6 Å². The molecule has 4 nitrogen and oxygen atoms in total. The van der Waals surface area contributed by atoms with E-state index in [0.717, 1.165) is 19.4 Å². The number of benzene rings is 1. The maximum atomic E-state index is 13.8. The van der Waals surface area contributed by atoms with Crippen molar-refractivity contribution < 1.29 is 14.3 Å². The largest absolute Gasteiger partial charge is 0.478 e. The maximum absolute atomic E-state index is 13.8. The van der Waals surface area contributed by atoms with E-state index in [2.05, 4.69) is 4.90 Å². The molecule has 2 fully saturated rings. The normalized spacial score (nSPS) is 18.4. The van der Waals surface area contributed by atoms with Gasteiger partial charge in [0.1, 0.15) is 5.82 Å². The number of carbonyl (C=O) groups is 1. The molecule has 3 N–H and O–H groups in total. The third-order valence-corrected chi connectivity index (χ3v) is 3.80. The highest BCUT2D eigenvalue weighted by Gasteiger charge is 2.35. The second-order valence-corrected chi connectivity index (χ2v) is 5.52. The highest BCUT2D eigenvalue weighted by Crippen LogP contribution is 2.40. The van der Waals surface area contributed by atoms with Crippen molar-refractivity contribution >= 4 is 17.3 Å². The summed E-state index contributed by atoms with van der Waals surface area (Å²) in [5.41, 5.74) is 6.56. The van der Waals surface area contributed by atoms with Crippen LogP contribution in [-0.4, -0.2) is 23.7 Å². The average Bonchev–Trinajstić information content (AvgIpc) is 3.22. The minimum atomic E-state index is -1.28. The number of aromatic carboxylic acids is 1. The second-order valence-electron chi connectivity index (χ2n) is 5.52. The van der Waals surface area contributed by atoms with Crippen LogP contribution in [0.25, 0.3) is 0 Å². The first-order chi connectivity index (χ1) is 9.06. The van der Waals surface area contributed by atoms with Crippen molar-refractivity contribution in [3.05, 3.63) is 23.5 Å². The van der Waals surface area contributed by atoms with Crippen LogP contribution in [0.3, 0.4) is 0 Å². The lowest BCUT2D eigenvalue weighted by Gasteiger charge is -2.26. The summed E-state index contributed by atoms with van der Waals surface area (Å²) in [6.07, 6.45) is 4.65. The van der Waals surface area contributed by atoms with Gasteiger partial charge in [0.15, 0.2) is 0 Å². The molecule has 5 heteroatoms. The van der Waals surface area contributed by atoms with Crippen LogP contribution in [0.5, 0.6) is 0 Å². The van der Waals surface area contributed by atoms with Gasteiger partial charge in [0.25, 0.3) is 0 Å². The van der Waals surface area contributed by atoms with Gasteiger partial charge < -0.3 is 15.7 Å². The predicted molar refractivity (Wildman–Crippen MR) is 70.9 cm³/mol. The first-order valence-corrected chi connectivity index (χ1v) is 6.65. The molecule has 102 valence electrons. The number of nitrogens with zero attached hydrogens (tertiary/aromatic N) is 1. The summed E-state index contributed by atoms with van der Waals surface area (Å²) in [7, 11) is 0. The Morgan fingerprint density at radius 3 is 2.58 bits per heavy atom. The highest BCUT2D eigenvalue weighted by atomic mass is 19.1. The van der Waals surface area contributed by atoms with Gasteiger partial charge in [-0.1, -0.05) is 0 Å². The number of nitrogens with two attached hydrogens (primary N) is 1. The number of hydrogen-bond donors (Lipinski definition) is 2. The van der Waals surface area contributed by atoms with Crippen LogP contribution < -0.4 is 10.6 Å². The van der Waals surface area contributed by atoms with Gasteiger partial charge in [0.05, 0.1) is 16.9 Å². The van der Waals surface area contributed by atoms with Gasteiger partial charge in [-0.3, -0.25) is 0 Å². The van der Waals surface area contributed by atoms with E-state index in [4.69, 9.17) is 10.8 Å². The number of anilines is 2. The quantitative estimate of drug-likeness (QED) is 0.802. The third kappa shape index (κ3) is 2.50. The fourth-order valence-corrected chi connectivity index (χ4v) is 2.40. The minimum Gasteiger partial charge on any atom is -0.478 e. The van der Waals surface area contributed by atoms with Crippen LogP contribution in [0, 0.1) is 11.7 Å². The Morgan fingerprint density at radius 2 is 2.05 bits per heavy atom. The second kappa shape index (κ2) is 4.40. The van der Waals surface area contributed by atoms with Crippen molar-refractivity contribution in [2.24, 2.45) is 5.92 Å². The molecule has 1 aromatic carbocycles. The Morgan fingerprint density at radius 1 is 1.37 bits per heavy atom. The van der Waals surface area contributed by atoms with Crippen molar-refractivity contribution in [3.63, 3.8) is 0 Å². The standard InChI is InChI=1S/C14H17FN2O2/c15-11-6-13(12(16)5-10(11)14(18)19)17(9-3-4-9)7-8-1-2-8/h5-6,8-9H,1-4,7,16H2,(H,18,19). The lowest BCUT2D eigenvalue weighted by Crippen LogP contribution is -2.29. The van der Waals surface area contributed by atoms with E-state index in [1.807, 2.05) is 0 Å². The molecule has 0 atom stereocenters. The van der Waals surface area contributed by atoms with E-state index < -0.39 is 11.8 Å². The molecular formula is C14H17FN2O2. The number of rotatable bonds is 5. The molecule has 0 spiro atoms. The van der Waals surface area contributed by atoms with Crippen LogP contribution in [-0.2, 0) is 0 Å². The SMILES string of the molecule is Nc1cc(C(=O)O)c(F)cc1N(CC1CC1)C1CC1. The molecule has 19 heavy (non-hydrogen) atoms. The Balaban J connectivity index is 1.93. The summed E-state index contributed by atoms with van der Waals surface area (Å²) in [4.78, 5) is 13.0. The molecular weight excluding hydrogens is 247 g/mol. The first kappa shape index (κ1) is 12.3. The maximum Gasteiger partial charge on any atom is 0.338 e. The fourth-order valence-electron chi connectivity index (χ4n) is 2.40. The van der Waals surface area contributed by atoms with Crippen LogP contribution in [0.4, 0.5) is 15.8 Å². The van der Waals surface area contributed by atoms with E-state index in [1.54, 1.807) is 0 Å². The molecule has 0 unspecified atom stereocenters. The lowest BCUT2D eigenvalue weighted by atomic mass is 10.1. The summed E-state index contributed by atoms with van der Waals surface area (Å²) in [5.74, 6) is -1.31. The Labute approximate surface area is 111 Å². The minimum absolute atomic E-state index is 0.353.